The quantitative estimate of drug-likeness (QED) is 0.802. The van der Waals surface area contributed by atoms with E-state index < -0.39 is 5.97 Å². The Bertz CT molecular complexity index is 305. The predicted octanol–water partition coefficient (Wildman–Crippen LogP) is 2.19. The summed E-state index contributed by atoms with van der Waals surface area (Å²) < 4.78 is 0. The molecular formula is C15H28N2O2. The lowest BCUT2D eigenvalue weighted by Crippen LogP contribution is -2.51. The monoisotopic (exact) mass is 268 g/mol. The van der Waals surface area contributed by atoms with Gasteiger partial charge in [-0.3, -0.25) is 9.69 Å². The molecule has 2 saturated heterocycles. The van der Waals surface area contributed by atoms with Crippen molar-refractivity contribution in [1.82, 2.24) is 9.80 Å². The zero-order valence-electron chi connectivity index (χ0n) is 12.5. The highest BCUT2D eigenvalue weighted by Gasteiger charge is 2.40. The molecule has 2 fully saturated rings. The van der Waals surface area contributed by atoms with Gasteiger partial charge in [-0.15, -0.1) is 0 Å². The number of carbonyl (C=O) groups is 1. The average molecular weight is 268 g/mol. The van der Waals surface area contributed by atoms with Gasteiger partial charge < -0.3 is 10.0 Å². The summed E-state index contributed by atoms with van der Waals surface area (Å²) in [6.45, 7) is 5.40. The molecule has 0 aliphatic carbocycles. The fourth-order valence-corrected chi connectivity index (χ4v) is 3.93. The Labute approximate surface area is 116 Å². The highest BCUT2D eigenvalue weighted by atomic mass is 16.4. The molecule has 2 heterocycles. The zero-order chi connectivity index (χ0) is 14.0. The van der Waals surface area contributed by atoms with Crippen LogP contribution in [0.2, 0.25) is 0 Å². The molecular weight excluding hydrogens is 240 g/mol. The largest absolute Gasteiger partial charge is 0.481 e. The van der Waals surface area contributed by atoms with E-state index in [1.165, 1.54) is 25.7 Å². The highest BCUT2D eigenvalue weighted by molar-refractivity contribution is 5.66. The molecule has 19 heavy (non-hydrogen) atoms. The third-order valence-corrected chi connectivity index (χ3v) is 5.01. The summed E-state index contributed by atoms with van der Waals surface area (Å²) in [7, 11) is 2.27. The number of aliphatic carboxylic acids is 1. The Morgan fingerprint density at radius 1 is 1.32 bits per heavy atom. The first-order chi connectivity index (χ1) is 8.99. The minimum absolute atomic E-state index is 0.294. The van der Waals surface area contributed by atoms with Crippen LogP contribution in [0.25, 0.3) is 0 Å². The number of fused-ring (bicyclic) bond motifs is 2. The first-order valence-electron chi connectivity index (χ1n) is 7.68. The van der Waals surface area contributed by atoms with E-state index >= 15 is 0 Å². The molecule has 0 aromatic heterocycles. The molecule has 4 nitrogen and oxygen atoms in total. The van der Waals surface area contributed by atoms with Crippen molar-refractivity contribution >= 4 is 5.97 Å². The number of rotatable bonds is 6. The van der Waals surface area contributed by atoms with Gasteiger partial charge in [0.05, 0.1) is 0 Å². The summed E-state index contributed by atoms with van der Waals surface area (Å²) in [6, 6.07) is 2.68. The first-order valence-corrected chi connectivity index (χ1v) is 7.68. The van der Waals surface area contributed by atoms with Gasteiger partial charge in [0.25, 0.3) is 0 Å². The Hall–Kier alpha value is -0.610. The van der Waals surface area contributed by atoms with Crippen LogP contribution < -0.4 is 0 Å². The standard InChI is InChI=1S/C15H28N2O2/c1-11(2)17(8-4-5-15(18)19)14-9-12-6-7-13(10-14)16(12)3/h11-14H,4-10H2,1-3H3,(H,18,19). The minimum atomic E-state index is -0.674. The highest BCUT2D eigenvalue weighted by Crippen LogP contribution is 2.36. The van der Waals surface area contributed by atoms with Gasteiger partial charge in [-0.25, -0.2) is 0 Å². The number of hydrogen-bond donors (Lipinski definition) is 1. The molecule has 0 aromatic carbocycles. The third-order valence-electron chi connectivity index (χ3n) is 5.01. The lowest BCUT2D eigenvalue weighted by Gasteiger charge is -2.43. The van der Waals surface area contributed by atoms with E-state index in [1.54, 1.807) is 0 Å². The van der Waals surface area contributed by atoms with E-state index in [-0.39, 0.29) is 0 Å². The number of carboxylic acid groups (broad SMARTS) is 1. The summed E-state index contributed by atoms with van der Waals surface area (Å²) in [6.07, 6.45) is 6.28. The van der Waals surface area contributed by atoms with Crippen molar-refractivity contribution in [2.24, 2.45) is 0 Å². The van der Waals surface area contributed by atoms with E-state index in [4.69, 9.17) is 5.11 Å². The van der Waals surface area contributed by atoms with Gasteiger partial charge in [0, 0.05) is 30.6 Å². The maximum absolute atomic E-state index is 10.7. The van der Waals surface area contributed by atoms with Gasteiger partial charge in [-0.2, -0.15) is 0 Å². The maximum Gasteiger partial charge on any atom is 0.303 e. The van der Waals surface area contributed by atoms with Crippen LogP contribution in [0.1, 0.15) is 52.4 Å². The van der Waals surface area contributed by atoms with Crippen molar-refractivity contribution in [3.8, 4) is 0 Å². The average Bonchev–Trinajstić information content (AvgIpc) is 2.57. The molecule has 1 N–H and O–H groups in total. The lowest BCUT2D eigenvalue weighted by atomic mass is 9.95. The van der Waals surface area contributed by atoms with Crippen molar-refractivity contribution < 1.29 is 9.90 Å². The van der Waals surface area contributed by atoms with Crippen molar-refractivity contribution in [2.75, 3.05) is 13.6 Å². The molecule has 2 atom stereocenters. The SMILES string of the molecule is CC(C)N(CCCC(=O)O)C1CC2CCC(C1)N2C. The van der Waals surface area contributed by atoms with Crippen LogP contribution in [-0.2, 0) is 4.79 Å². The number of piperidine rings is 1. The van der Waals surface area contributed by atoms with Crippen LogP contribution in [0.4, 0.5) is 0 Å². The molecule has 110 valence electrons. The summed E-state index contributed by atoms with van der Waals surface area (Å²) in [5, 5.41) is 8.78. The normalized spacial score (nSPS) is 31.3. The predicted molar refractivity (Wildman–Crippen MR) is 76.3 cm³/mol. The molecule has 2 bridgehead atoms. The Kier molecular flexibility index (Phi) is 4.85. The fourth-order valence-electron chi connectivity index (χ4n) is 3.93. The molecule has 4 heteroatoms. The molecule has 0 spiro atoms. The molecule has 2 rings (SSSR count). The van der Waals surface area contributed by atoms with Gasteiger partial charge in [-0.1, -0.05) is 0 Å². The Balaban J connectivity index is 1.90. The molecule has 0 saturated carbocycles. The van der Waals surface area contributed by atoms with E-state index in [1.807, 2.05) is 0 Å². The van der Waals surface area contributed by atoms with Crippen LogP contribution in [-0.4, -0.2) is 58.6 Å². The molecule has 2 unspecified atom stereocenters. The smallest absolute Gasteiger partial charge is 0.303 e. The van der Waals surface area contributed by atoms with Crippen LogP contribution in [0.5, 0.6) is 0 Å². The molecule has 2 aliphatic heterocycles. The maximum atomic E-state index is 10.7. The Morgan fingerprint density at radius 2 is 1.89 bits per heavy atom. The van der Waals surface area contributed by atoms with Crippen molar-refractivity contribution in [2.45, 2.75) is 76.5 Å². The molecule has 2 aliphatic rings. The number of hydrogen-bond acceptors (Lipinski definition) is 3. The van der Waals surface area contributed by atoms with Crippen LogP contribution in [0.3, 0.4) is 0 Å². The fraction of sp³-hybridized carbons (Fsp3) is 0.933. The second-order valence-electron chi connectivity index (χ2n) is 6.50. The van der Waals surface area contributed by atoms with Gasteiger partial charge in [0.2, 0.25) is 0 Å². The van der Waals surface area contributed by atoms with E-state index in [9.17, 15) is 4.79 Å². The topological polar surface area (TPSA) is 43.8 Å². The van der Waals surface area contributed by atoms with Crippen LogP contribution in [0.15, 0.2) is 0 Å². The molecule has 0 aromatic rings. The van der Waals surface area contributed by atoms with Crippen LogP contribution >= 0.6 is 0 Å². The zero-order valence-corrected chi connectivity index (χ0v) is 12.5. The lowest BCUT2D eigenvalue weighted by molar-refractivity contribution is -0.137. The van der Waals surface area contributed by atoms with E-state index in [0.29, 0.717) is 18.5 Å². The summed E-state index contributed by atoms with van der Waals surface area (Å²) >= 11 is 0. The van der Waals surface area contributed by atoms with E-state index in [0.717, 1.165) is 25.0 Å². The summed E-state index contributed by atoms with van der Waals surface area (Å²) in [5.41, 5.74) is 0. The van der Waals surface area contributed by atoms with Crippen LogP contribution in [0, 0.1) is 0 Å². The van der Waals surface area contributed by atoms with Gasteiger partial charge in [0.1, 0.15) is 0 Å². The second kappa shape index (κ2) is 6.23. The van der Waals surface area contributed by atoms with Crippen molar-refractivity contribution in [3.05, 3.63) is 0 Å². The van der Waals surface area contributed by atoms with Gasteiger partial charge in [0.15, 0.2) is 0 Å². The summed E-state index contributed by atoms with van der Waals surface area (Å²) in [5.74, 6) is -0.674. The molecule has 0 radical (unpaired) electrons. The first kappa shape index (κ1) is 14.8. The number of nitrogens with zero attached hydrogens (tertiary/aromatic N) is 2. The summed E-state index contributed by atoms with van der Waals surface area (Å²) in [4.78, 5) is 15.8. The third kappa shape index (κ3) is 3.48. The van der Waals surface area contributed by atoms with Gasteiger partial charge in [-0.05, 0) is 59.5 Å². The minimum Gasteiger partial charge on any atom is -0.481 e. The Morgan fingerprint density at radius 3 is 2.37 bits per heavy atom. The van der Waals surface area contributed by atoms with Gasteiger partial charge >= 0.3 is 5.97 Å². The number of carboxylic acids is 1. The van der Waals surface area contributed by atoms with Crippen molar-refractivity contribution in [1.29, 1.82) is 0 Å². The second-order valence-corrected chi connectivity index (χ2v) is 6.50. The van der Waals surface area contributed by atoms with E-state index in [2.05, 4.69) is 30.7 Å². The molecule has 0 amide bonds. The van der Waals surface area contributed by atoms with Crippen molar-refractivity contribution in [3.63, 3.8) is 0 Å².